The standard InChI is InChI=1S/C20H20FNO3/c21-17-7-2-1-6-16(17)14-20(23)22-10-4-3-5-15-8-9-18-19(13-15)25-12-11-24-18/h1-3,5-9,13H,4,10-12,14H2,(H,22,23)/b5-3+. The molecular formula is C20H20FNO3. The van der Waals surface area contributed by atoms with Gasteiger partial charge in [0.2, 0.25) is 5.91 Å². The van der Waals surface area contributed by atoms with Crippen LogP contribution in [0.15, 0.2) is 48.5 Å². The van der Waals surface area contributed by atoms with Gasteiger partial charge in [0.25, 0.3) is 0 Å². The second-order valence-electron chi connectivity index (χ2n) is 5.71. The number of benzene rings is 2. The van der Waals surface area contributed by atoms with Gasteiger partial charge in [-0.15, -0.1) is 0 Å². The molecule has 0 saturated heterocycles. The fraction of sp³-hybridized carbons (Fsp3) is 0.250. The van der Waals surface area contributed by atoms with Gasteiger partial charge in [-0.2, -0.15) is 0 Å². The number of ether oxygens (including phenoxy) is 2. The molecule has 1 amide bonds. The van der Waals surface area contributed by atoms with Crippen LogP contribution in [0, 0.1) is 5.82 Å². The number of hydrogen-bond acceptors (Lipinski definition) is 3. The minimum atomic E-state index is -0.351. The van der Waals surface area contributed by atoms with Crippen molar-refractivity contribution in [2.75, 3.05) is 19.8 Å². The van der Waals surface area contributed by atoms with E-state index in [9.17, 15) is 9.18 Å². The van der Waals surface area contributed by atoms with Gasteiger partial charge in [-0.25, -0.2) is 4.39 Å². The largest absolute Gasteiger partial charge is 0.486 e. The number of carbonyl (C=O) groups excluding carboxylic acids is 1. The molecule has 4 nitrogen and oxygen atoms in total. The van der Waals surface area contributed by atoms with E-state index in [0.717, 1.165) is 17.1 Å². The summed E-state index contributed by atoms with van der Waals surface area (Å²) in [5.41, 5.74) is 1.42. The van der Waals surface area contributed by atoms with Gasteiger partial charge >= 0.3 is 0 Å². The van der Waals surface area contributed by atoms with Gasteiger partial charge in [-0.1, -0.05) is 36.4 Å². The van der Waals surface area contributed by atoms with Crippen LogP contribution in [0.5, 0.6) is 11.5 Å². The molecule has 2 aromatic carbocycles. The summed E-state index contributed by atoms with van der Waals surface area (Å²) >= 11 is 0. The van der Waals surface area contributed by atoms with Crippen LogP contribution in [-0.2, 0) is 11.2 Å². The van der Waals surface area contributed by atoms with Crippen LogP contribution in [0.25, 0.3) is 6.08 Å². The smallest absolute Gasteiger partial charge is 0.224 e. The van der Waals surface area contributed by atoms with Crippen molar-refractivity contribution in [3.8, 4) is 11.5 Å². The average molecular weight is 341 g/mol. The Morgan fingerprint density at radius 3 is 2.76 bits per heavy atom. The third kappa shape index (κ3) is 4.83. The zero-order valence-corrected chi connectivity index (χ0v) is 13.8. The fourth-order valence-corrected chi connectivity index (χ4v) is 2.56. The van der Waals surface area contributed by atoms with E-state index in [0.29, 0.717) is 31.7 Å². The van der Waals surface area contributed by atoms with Crippen LogP contribution in [0.3, 0.4) is 0 Å². The zero-order chi connectivity index (χ0) is 17.5. The van der Waals surface area contributed by atoms with E-state index in [4.69, 9.17) is 9.47 Å². The molecule has 25 heavy (non-hydrogen) atoms. The van der Waals surface area contributed by atoms with E-state index in [1.54, 1.807) is 18.2 Å². The number of carbonyl (C=O) groups is 1. The summed E-state index contributed by atoms with van der Waals surface area (Å²) in [6.45, 7) is 1.65. The first-order chi connectivity index (χ1) is 12.2. The molecule has 1 N–H and O–H groups in total. The zero-order valence-electron chi connectivity index (χ0n) is 13.8. The van der Waals surface area contributed by atoms with Crippen molar-refractivity contribution in [2.45, 2.75) is 12.8 Å². The van der Waals surface area contributed by atoms with Gasteiger partial charge in [0.1, 0.15) is 19.0 Å². The van der Waals surface area contributed by atoms with Crippen LogP contribution in [0.2, 0.25) is 0 Å². The Bertz CT molecular complexity index is 773. The predicted octanol–water partition coefficient (Wildman–Crippen LogP) is 3.36. The van der Waals surface area contributed by atoms with Crippen molar-refractivity contribution in [3.63, 3.8) is 0 Å². The van der Waals surface area contributed by atoms with Crippen molar-refractivity contribution in [3.05, 3.63) is 65.5 Å². The number of fused-ring (bicyclic) bond motifs is 1. The predicted molar refractivity (Wildman–Crippen MR) is 94.2 cm³/mol. The van der Waals surface area contributed by atoms with E-state index in [-0.39, 0.29) is 18.1 Å². The molecule has 1 aliphatic rings. The third-order valence-corrected chi connectivity index (χ3v) is 3.82. The Balaban J connectivity index is 1.43. The number of nitrogens with one attached hydrogen (secondary N) is 1. The second kappa shape index (κ2) is 8.33. The maximum Gasteiger partial charge on any atom is 0.224 e. The molecule has 0 aromatic heterocycles. The average Bonchev–Trinajstić information content (AvgIpc) is 2.63. The Morgan fingerprint density at radius 1 is 1.12 bits per heavy atom. The van der Waals surface area contributed by atoms with Gasteiger partial charge in [-0.3, -0.25) is 4.79 Å². The Kier molecular flexibility index (Phi) is 5.67. The van der Waals surface area contributed by atoms with Crippen molar-refractivity contribution in [2.24, 2.45) is 0 Å². The Morgan fingerprint density at radius 2 is 1.92 bits per heavy atom. The lowest BCUT2D eigenvalue weighted by Crippen LogP contribution is -2.26. The maximum absolute atomic E-state index is 13.5. The highest BCUT2D eigenvalue weighted by atomic mass is 19.1. The Labute approximate surface area is 146 Å². The van der Waals surface area contributed by atoms with Crippen LogP contribution < -0.4 is 14.8 Å². The molecule has 0 spiro atoms. The molecule has 0 atom stereocenters. The van der Waals surface area contributed by atoms with E-state index in [2.05, 4.69) is 5.32 Å². The summed E-state index contributed by atoms with van der Waals surface area (Å²) < 4.78 is 24.5. The van der Waals surface area contributed by atoms with Crippen LogP contribution in [0.1, 0.15) is 17.5 Å². The molecule has 0 saturated carbocycles. The van der Waals surface area contributed by atoms with Gasteiger partial charge < -0.3 is 14.8 Å². The van der Waals surface area contributed by atoms with Gasteiger partial charge in [0.15, 0.2) is 11.5 Å². The lowest BCUT2D eigenvalue weighted by molar-refractivity contribution is -0.120. The van der Waals surface area contributed by atoms with Crippen molar-refractivity contribution in [1.82, 2.24) is 5.32 Å². The fourth-order valence-electron chi connectivity index (χ4n) is 2.56. The minimum absolute atomic E-state index is 0.0541. The van der Waals surface area contributed by atoms with Crippen molar-refractivity contribution >= 4 is 12.0 Å². The molecule has 0 fully saturated rings. The lowest BCUT2D eigenvalue weighted by atomic mass is 10.1. The molecule has 2 aromatic rings. The minimum Gasteiger partial charge on any atom is -0.486 e. The molecule has 0 aliphatic carbocycles. The van der Waals surface area contributed by atoms with Gasteiger partial charge in [0.05, 0.1) is 6.42 Å². The molecule has 1 heterocycles. The van der Waals surface area contributed by atoms with E-state index >= 15 is 0 Å². The van der Waals surface area contributed by atoms with Crippen molar-refractivity contribution < 1.29 is 18.7 Å². The monoisotopic (exact) mass is 341 g/mol. The van der Waals surface area contributed by atoms with Crippen LogP contribution in [-0.4, -0.2) is 25.7 Å². The first kappa shape index (κ1) is 17.0. The molecular weight excluding hydrogens is 321 g/mol. The molecule has 0 bridgehead atoms. The molecule has 0 unspecified atom stereocenters. The highest BCUT2D eigenvalue weighted by Gasteiger charge is 2.10. The summed E-state index contributed by atoms with van der Waals surface area (Å²) in [5.74, 6) is 0.990. The van der Waals surface area contributed by atoms with Crippen molar-refractivity contribution in [1.29, 1.82) is 0 Å². The van der Waals surface area contributed by atoms with E-state index in [1.165, 1.54) is 6.07 Å². The molecule has 5 heteroatoms. The topological polar surface area (TPSA) is 47.6 Å². The van der Waals surface area contributed by atoms with Gasteiger partial charge in [-0.05, 0) is 35.7 Å². The quantitative estimate of drug-likeness (QED) is 0.820. The first-order valence-corrected chi connectivity index (χ1v) is 8.29. The second-order valence-corrected chi connectivity index (χ2v) is 5.71. The number of halogens is 1. The Hall–Kier alpha value is -2.82. The summed E-state index contributed by atoms with van der Waals surface area (Å²) in [6.07, 6.45) is 4.70. The molecule has 1 aliphatic heterocycles. The highest BCUT2D eigenvalue weighted by molar-refractivity contribution is 5.78. The molecule has 0 radical (unpaired) electrons. The molecule has 130 valence electrons. The van der Waals surface area contributed by atoms with Crippen LogP contribution >= 0.6 is 0 Å². The first-order valence-electron chi connectivity index (χ1n) is 8.29. The summed E-state index contributed by atoms with van der Waals surface area (Å²) in [7, 11) is 0. The molecule has 3 rings (SSSR count). The van der Waals surface area contributed by atoms with E-state index < -0.39 is 0 Å². The highest BCUT2D eigenvalue weighted by Crippen LogP contribution is 2.31. The third-order valence-electron chi connectivity index (χ3n) is 3.82. The number of hydrogen-bond donors (Lipinski definition) is 1. The summed E-state index contributed by atoms with van der Waals surface area (Å²) in [6, 6.07) is 12.1. The number of amides is 1. The summed E-state index contributed by atoms with van der Waals surface area (Å²) in [5, 5.41) is 2.79. The van der Waals surface area contributed by atoms with Crippen LogP contribution in [0.4, 0.5) is 4.39 Å². The maximum atomic E-state index is 13.5. The number of rotatable bonds is 6. The van der Waals surface area contributed by atoms with E-state index in [1.807, 2.05) is 30.4 Å². The lowest BCUT2D eigenvalue weighted by Gasteiger charge is -2.18. The SMILES string of the molecule is O=C(Cc1ccccc1F)NCC/C=C/c1ccc2c(c1)OCCO2. The summed E-state index contributed by atoms with van der Waals surface area (Å²) in [4.78, 5) is 11.8. The van der Waals surface area contributed by atoms with Gasteiger partial charge in [0, 0.05) is 6.54 Å². The normalized spacial score (nSPS) is 13.0.